The number of nitrogens with zero attached hydrogens (tertiary/aromatic N) is 2. The van der Waals surface area contributed by atoms with Gasteiger partial charge >= 0.3 is 0 Å². The highest BCUT2D eigenvalue weighted by Crippen LogP contribution is 2.46. The summed E-state index contributed by atoms with van der Waals surface area (Å²) in [6.07, 6.45) is 0. The van der Waals surface area contributed by atoms with Crippen LogP contribution < -0.4 is 15.4 Å². The number of para-hydroxylation sites is 2. The Hall–Kier alpha value is -2.20. The molecule has 0 saturated carbocycles. The first-order valence-corrected chi connectivity index (χ1v) is 6.77. The second-order valence-corrected chi connectivity index (χ2v) is 5.27. The predicted molar refractivity (Wildman–Crippen MR) is 79.7 cm³/mol. The van der Waals surface area contributed by atoms with Crippen LogP contribution in [-0.4, -0.2) is 12.5 Å². The van der Waals surface area contributed by atoms with E-state index in [0.717, 1.165) is 22.7 Å². The lowest BCUT2D eigenvalue weighted by Crippen LogP contribution is -2.35. The molecule has 2 heterocycles. The van der Waals surface area contributed by atoms with Gasteiger partial charge in [-0.05, 0) is 30.3 Å². The molecule has 0 bridgehead atoms. The molecule has 1 atom stereocenters. The molecule has 1 unspecified atom stereocenters. The Morgan fingerprint density at radius 3 is 2.95 bits per heavy atom. The largest absolute Gasteiger partial charge is 0.455 e. The SMILES string of the molecule is NC1=NCC2c3cc(Cl)ccc3Oc3ccccc3N12. The van der Waals surface area contributed by atoms with Gasteiger partial charge in [0, 0.05) is 10.6 Å². The Morgan fingerprint density at radius 2 is 2.05 bits per heavy atom. The van der Waals surface area contributed by atoms with E-state index in [1.807, 2.05) is 47.4 Å². The zero-order valence-corrected chi connectivity index (χ0v) is 11.3. The molecular formula is C15H12ClN3O. The van der Waals surface area contributed by atoms with E-state index >= 15 is 0 Å². The van der Waals surface area contributed by atoms with Crippen molar-refractivity contribution in [3.63, 3.8) is 0 Å². The van der Waals surface area contributed by atoms with Crippen molar-refractivity contribution in [2.24, 2.45) is 10.7 Å². The molecule has 4 nitrogen and oxygen atoms in total. The highest BCUT2D eigenvalue weighted by Gasteiger charge is 2.35. The molecule has 4 rings (SSSR count). The van der Waals surface area contributed by atoms with Crippen LogP contribution in [0.4, 0.5) is 5.69 Å². The van der Waals surface area contributed by atoms with Crippen molar-refractivity contribution >= 4 is 23.2 Å². The third-order valence-corrected chi connectivity index (χ3v) is 3.90. The highest BCUT2D eigenvalue weighted by atomic mass is 35.5. The van der Waals surface area contributed by atoms with E-state index in [9.17, 15) is 0 Å². The zero-order valence-electron chi connectivity index (χ0n) is 10.6. The molecule has 2 aliphatic heterocycles. The predicted octanol–water partition coefficient (Wildman–Crippen LogP) is 3.32. The monoisotopic (exact) mass is 285 g/mol. The minimum atomic E-state index is 0.0346. The maximum Gasteiger partial charge on any atom is 0.196 e. The summed E-state index contributed by atoms with van der Waals surface area (Å²) in [5.74, 6) is 2.09. The lowest BCUT2D eigenvalue weighted by Gasteiger charge is -2.24. The van der Waals surface area contributed by atoms with Crippen molar-refractivity contribution < 1.29 is 4.74 Å². The molecule has 100 valence electrons. The van der Waals surface area contributed by atoms with E-state index < -0.39 is 0 Å². The first-order chi connectivity index (χ1) is 9.74. The number of hydrogen-bond donors (Lipinski definition) is 1. The van der Waals surface area contributed by atoms with Crippen LogP contribution >= 0.6 is 11.6 Å². The van der Waals surface area contributed by atoms with Gasteiger partial charge in [-0.15, -0.1) is 0 Å². The molecule has 2 N–H and O–H groups in total. The standard InChI is InChI=1S/C15H12ClN3O/c16-9-5-6-13-10(7-9)12-8-18-15(17)19(12)11-3-1-2-4-14(11)20-13/h1-7,12H,8H2,(H2,17,18). The Kier molecular flexibility index (Phi) is 2.41. The van der Waals surface area contributed by atoms with Crippen LogP contribution in [0.15, 0.2) is 47.5 Å². The third kappa shape index (κ3) is 1.58. The van der Waals surface area contributed by atoms with Gasteiger partial charge < -0.3 is 10.5 Å². The maximum absolute atomic E-state index is 6.13. The van der Waals surface area contributed by atoms with Crippen LogP contribution in [-0.2, 0) is 0 Å². The van der Waals surface area contributed by atoms with Crippen LogP contribution in [0, 0.1) is 0 Å². The van der Waals surface area contributed by atoms with Crippen LogP contribution in [0.2, 0.25) is 5.02 Å². The molecule has 5 heteroatoms. The molecule has 0 aliphatic carbocycles. The molecule has 0 amide bonds. The number of ether oxygens (including phenoxy) is 1. The lowest BCUT2D eigenvalue weighted by molar-refractivity contribution is 0.482. The van der Waals surface area contributed by atoms with E-state index in [1.165, 1.54) is 0 Å². The zero-order chi connectivity index (χ0) is 13.7. The van der Waals surface area contributed by atoms with Gasteiger partial charge in [-0.25, -0.2) is 0 Å². The number of benzene rings is 2. The summed E-state index contributed by atoms with van der Waals surface area (Å²) in [5.41, 5.74) is 8.00. The summed E-state index contributed by atoms with van der Waals surface area (Å²) in [5, 5.41) is 0.684. The Labute approximate surface area is 121 Å². The minimum Gasteiger partial charge on any atom is -0.455 e. The second-order valence-electron chi connectivity index (χ2n) is 4.84. The van der Waals surface area contributed by atoms with Gasteiger partial charge in [0.2, 0.25) is 0 Å². The second kappa shape index (κ2) is 4.15. The molecule has 0 fully saturated rings. The maximum atomic E-state index is 6.13. The molecular weight excluding hydrogens is 274 g/mol. The van der Waals surface area contributed by atoms with Crippen molar-refractivity contribution in [2.45, 2.75) is 6.04 Å². The summed E-state index contributed by atoms with van der Waals surface area (Å²) in [6, 6.07) is 13.5. The molecule has 2 aliphatic rings. The summed E-state index contributed by atoms with van der Waals surface area (Å²) in [6.45, 7) is 0.608. The number of aliphatic imine (C=N–C) groups is 1. The van der Waals surface area contributed by atoms with E-state index in [2.05, 4.69) is 4.99 Å². The Bertz CT molecular complexity index is 729. The minimum absolute atomic E-state index is 0.0346. The van der Waals surface area contributed by atoms with Gasteiger partial charge in [-0.1, -0.05) is 23.7 Å². The normalized spacial score (nSPS) is 19.4. The Balaban J connectivity index is 1.97. The van der Waals surface area contributed by atoms with Crippen LogP contribution in [0.25, 0.3) is 0 Å². The summed E-state index contributed by atoms with van der Waals surface area (Å²) in [4.78, 5) is 6.38. The van der Waals surface area contributed by atoms with Crippen LogP contribution in [0.3, 0.4) is 0 Å². The molecule has 0 spiro atoms. The molecule has 0 radical (unpaired) electrons. The number of hydrogen-bond acceptors (Lipinski definition) is 4. The van der Waals surface area contributed by atoms with Crippen molar-refractivity contribution in [1.82, 2.24) is 0 Å². The molecule has 2 aromatic carbocycles. The number of nitrogens with two attached hydrogens (primary N) is 1. The molecule has 20 heavy (non-hydrogen) atoms. The van der Waals surface area contributed by atoms with Gasteiger partial charge in [-0.2, -0.15) is 0 Å². The fourth-order valence-electron chi connectivity index (χ4n) is 2.76. The number of halogens is 1. The first-order valence-electron chi connectivity index (χ1n) is 6.39. The van der Waals surface area contributed by atoms with Crippen molar-refractivity contribution in [1.29, 1.82) is 0 Å². The summed E-state index contributed by atoms with van der Waals surface area (Å²) < 4.78 is 6.03. The third-order valence-electron chi connectivity index (χ3n) is 3.66. The number of anilines is 1. The first kappa shape index (κ1) is 11.6. The topological polar surface area (TPSA) is 50.9 Å². The van der Waals surface area contributed by atoms with E-state index in [0.29, 0.717) is 17.5 Å². The fourth-order valence-corrected chi connectivity index (χ4v) is 2.94. The average molecular weight is 286 g/mol. The van der Waals surface area contributed by atoms with Gasteiger partial charge in [0.15, 0.2) is 11.7 Å². The van der Waals surface area contributed by atoms with Crippen LogP contribution in [0.5, 0.6) is 11.5 Å². The van der Waals surface area contributed by atoms with Gasteiger partial charge in [0.1, 0.15) is 5.75 Å². The van der Waals surface area contributed by atoms with E-state index in [1.54, 1.807) is 0 Å². The van der Waals surface area contributed by atoms with Crippen molar-refractivity contribution in [3.8, 4) is 11.5 Å². The van der Waals surface area contributed by atoms with Crippen molar-refractivity contribution in [3.05, 3.63) is 53.1 Å². The Morgan fingerprint density at radius 1 is 1.20 bits per heavy atom. The van der Waals surface area contributed by atoms with Crippen LogP contribution in [0.1, 0.15) is 11.6 Å². The molecule has 2 aromatic rings. The van der Waals surface area contributed by atoms with Crippen molar-refractivity contribution in [2.75, 3.05) is 11.4 Å². The van der Waals surface area contributed by atoms with Gasteiger partial charge in [-0.3, -0.25) is 9.89 Å². The van der Waals surface area contributed by atoms with E-state index in [4.69, 9.17) is 22.1 Å². The quantitative estimate of drug-likeness (QED) is 0.808. The number of rotatable bonds is 0. The fraction of sp³-hybridized carbons (Fsp3) is 0.133. The van der Waals surface area contributed by atoms with Gasteiger partial charge in [0.05, 0.1) is 18.3 Å². The molecule has 0 saturated heterocycles. The number of guanidine groups is 1. The van der Waals surface area contributed by atoms with E-state index in [-0.39, 0.29) is 6.04 Å². The molecule has 0 aromatic heterocycles. The number of fused-ring (bicyclic) bond motifs is 5. The highest BCUT2D eigenvalue weighted by molar-refractivity contribution is 6.30. The summed E-state index contributed by atoms with van der Waals surface area (Å²) in [7, 11) is 0. The summed E-state index contributed by atoms with van der Waals surface area (Å²) >= 11 is 6.13. The van der Waals surface area contributed by atoms with Gasteiger partial charge in [0.25, 0.3) is 0 Å². The lowest BCUT2D eigenvalue weighted by atomic mass is 10.1. The smallest absolute Gasteiger partial charge is 0.196 e. The average Bonchev–Trinajstić information content (AvgIpc) is 2.76.